The molecule has 2 aromatic rings. The number of halogens is 1. The fourth-order valence-corrected chi connectivity index (χ4v) is 4.71. The van der Waals surface area contributed by atoms with Gasteiger partial charge in [-0.2, -0.15) is 0 Å². The molecule has 1 aromatic carbocycles. The lowest BCUT2D eigenvalue weighted by atomic mass is 9.93. The molecule has 26 heavy (non-hydrogen) atoms. The molecule has 4 rings (SSSR count). The highest BCUT2D eigenvalue weighted by atomic mass is 32.1. The molecular formula is C19H24FN3O2S. The number of hydrogen-bond acceptors (Lipinski definition) is 5. The van der Waals surface area contributed by atoms with Crippen LogP contribution in [0.25, 0.3) is 10.2 Å². The lowest BCUT2D eigenvalue weighted by Gasteiger charge is -2.36. The van der Waals surface area contributed by atoms with Gasteiger partial charge in [0, 0.05) is 32.5 Å². The van der Waals surface area contributed by atoms with Crippen molar-refractivity contribution in [2.24, 2.45) is 5.92 Å². The van der Waals surface area contributed by atoms with Gasteiger partial charge in [-0.15, -0.1) is 0 Å². The quantitative estimate of drug-likeness (QED) is 0.890. The van der Waals surface area contributed by atoms with Gasteiger partial charge in [0.15, 0.2) is 5.13 Å². The van der Waals surface area contributed by atoms with Crippen molar-refractivity contribution < 1.29 is 13.9 Å². The van der Waals surface area contributed by atoms with E-state index in [0.29, 0.717) is 39.1 Å². The number of rotatable bonds is 4. The van der Waals surface area contributed by atoms with Gasteiger partial charge in [-0.25, -0.2) is 9.37 Å². The van der Waals surface area contributed by atoms with Gasteiger partial charge in [0.2, 0.25) is 5.91 Å². The van der Waals surface area contributed by atoms with E-state index in [-0.39, 0.29) is 18.4 Å². The molecule has 0 radical (unpaired) electrons. The molecule has 0 bridgehead atoms. The van der Waals surface area contributed by atoms with Gasteiger partial charge in [-0.3, -0.25) is 4.79 Å². The molecule has 1 amide bonds. The van der Waals surface area contributed by atoms with Crippen LogP contribution in [0.4, 0.5) is 9.52 Å². The van der Waals surface area contributed by atoms with Gasteiger partial charge in [-0.1, -0.05) is 23.5 Å². The second kappa shape index (κ2) is 7.12. The van der Waals surface area contributed by atoms with Crippen LogP contribution in [0.1, 0.15) is 24.8 Å². The van der Waals surface area contributed by atoms with Crippen molar-refractivity contribution in [3.05, 3.63) is 23.8 Å². The monoisotopic (exact) mass is 377 g/mol. The number of alkyl halides is 1. The van der Waals surface area contributed by atoms with Gasteiger partial charge in [0.1, 0.15) is 5.67 Å². The molecule has 1 aromatic heterocycles. The standard InChI is InChI=1S/C19H24FN3O2S/c1-13-3-2-4-15-16(13)22-18(26-15)23-8-6-19(20,7-9-23)12-21-17(24)14-5-10-25-11-14/h2-4,14H,5-12H2,1H3,(H,21,24). The lowest BCUT2D eigenvalue weighted by Crippen LogP contribution is -2.49. The van der Waals surface area contributed by atoms with Gasteiger partial charge in [0.05, 0.1) is 29.3 Å². The van der Waals surface area contributed by atoms with Crippen LogP contribution >= 0.6 is 11.3 Å². The van der Waals surface area contributed by atoms with Crippen LogP contribution in [0, 0.1) is 12.8 Å². The number of nitrogens with zero attached hydrogens (tertiary/aromatic N) is 2. The Morgan fingerprint density at radius 1 is 1.46 bits per heavy atom. The number of aromatic nitrogens is 1. The van der Waals surface area contributed by atoms with Gasteiger partial charge >= 0.3 is 0 Å². The maximum Gasteiger partial charge on any atom is 0.225 e. The number of amides is 1. The first-order chi connectivity index (χ1) is 12.5. The Kier molecular flexibility index (Phi) is 4.84. The summed E-state index contributed by atoms with van der Waals surface area (Å²) in [6.45, 7) is 4.47. The van der Waals surface area contributed by atoms with Crippen LogP contribution in [0.5, 0.6) is 0 Å². The lowest BCUT2D eigenvalue weighted by molar-refractivity contribution is -0.125. The van der Waals surface area contributed by atoms with Gasteiger partial charge in [-0.05, 0) is 25.0 Å². The number of ether oxygens (including phenoxy) is 1. The molecule has 2 aliphatic rings. The molecule has 1 N–H and O–H groups in total. The zero-order valence-electron chi connectivity index (χ0n) is 15.0. The number of hydrogen-bond donors (Lipinski definition) is 1. The number of nitrogens with one attached hydrogen (secondary N) is 1. The number of para-hydroxylation sites is 1. The third-order valence-corrected chi connectivity index (χ3v) is 6.50. The van der Waals surface area contributed by atoms with Crippen molar-refractivity contribution in [2.45, 2.75) is 31.9 Å². The van der Waals surface area contributed by atoms with Crippen molar-refractivity contribution >= 4 is 32.6 Å². The molecule has 2 aliphatic heterocycles. The third-order valence-electron chi connectivity index (χ3n) is 5.42. The van der Waals surface area contributed by atoms with Gasteiger partial charge in [0.25, 0.3) is 0 Å². The Morgan fingerprint density at radius 2 is 2.27 bits per heavy atom. The molecule has 1 unspecified atom stereocenters. The predicted molar refractivity (Wildman–Crippen MR) is 102 cm³/mol. The fraction of sp³-hybridized carbons (Fsp3) is 0.579. The molecule has 140 valence electrons. The average molecular weight is 377 g/mol. The topological polar surface area (TPSA) is 54.5 Å². The van der Waals surface area contributed by atoms with Crippen LogP contribution in [-0.2, 0) is 9.53 Å². The molecule has 2 fully saturated rings. The Morgan fingerprint density at radius 3 is 2.96 bits per heavy atom. The summed E-state index contributed by atoms with van der Waals surface area (Å²) in [5.41, 5.74) is 0.870. The highest BCUT2D eigenvalue weighted by molar-refractivity contribution is 7.22. The first-order valence-corrected chi connectivity index (χ1v) is 10.0. The molecule has 1 atom stereocenters. The summed E-state index contributed by atoms with van der Waals surface area (Å²) in [7, 11) is 0. The van der Waals surface area contributed by atoms with E-state index in [1.54, 1.807) is 11.3 Å². The number of anilines is 1. The Balaban J connectivity index is 1.35. The number of piperidine rings is 1. The average Bonchev–Trinajstić information content (AvgIpc) is 3.31. The maximum atomic E-state index is 15.1. The summed E-state index contributed by atoms with van der Waals surface area (Å²) in [5.74, 6) is -0.201. The zero-order chi connectivity index (χ0) is 18.1. The van der Waals surface area contributed by atoms with Crippen molar-refractivity contribution in [1.29, 1.82) is 0 Å². The van der Waals surface area contributed by atoms with Crippen LogP contribution in [0.3, 0.4) is 0 Å². The fourth-order valence-electron chi connectivity index (χ4n) is 3.62. The summed E-state index contributed by atoms with van der Waals surface area (Å²) in [5, 5.41) is 3.75. The minimum atomic E-state index is -1.34. The number of aryl methyl sites for hydroxylation is 1. The van der Waals surface area contributed by atoms with E-state index in [1.807, 2.05) is 6.07 Å². The first-order valence-electron chi connectivity index (χ1n) is 9.20. The summed E-state index contributed by atoms with van der Waals surface area (Å²) < 4.78 is 21.5. The minimum Gasteiger partial charge on any atom is -0.381 e. The van der Waals surface area contributed by atoms with E-state index >= 15 is 4.39 Å². The summed E-state index contributed by atoms with van der Waals surface area (Å²) >= 11 is 1.66. The maximum absolute atomic E-state index is 15.1. The molecule has 0 saturated carbocycles. The summed E-state index contributed by atoms with van der Waals surface area (Å²) in [4.78, 5) is 19.0. The summed E-state index contributed by atoms with van der Waals surface area (Å²) in [6, 6.07) is 6.18. The molecule has 0 aliphatic carbocycles. The minimum absolute atomic E-state index is 0.0800. The van der Waals surface area contributed by atoms with Crippen molar-refractivity contribution in [3.8, 4) is 0 Å². The third kappa shape index (κ3) is 3.55. The van der Waals surface area contributed by atoms with E-state index in [9.17, 15) is 4.79 Å². The summed E-state index contributed by atoms with van der Waals surface area (Å²) in [6.07, 6.45) is 1.54. The largest absolute Gasteiger partial charge is 0.381 e. The Bertz CT molecular complexity index is 795. The zero-order valence-corrected chi connectivity index (χ0v) is 15.8. The van der Waals surface area contributed by atoms with Crippen molar-refractivity contribution in [2.75, 3.05) is 37.7 Å². The first kappa shape index (κ1) is 17.7. The molecular weight excluding hydrogens is 353 g/mol. The molecule has 7 heteroatoms. The molecule has 2 saturated heterocycles. The highest BCUT2D eigenvalue weighted by Crippen LogP contribution is 2.34. The van der Waals surface area contributed by atoms with E-state index < -0.39 is 5.67 Å². The van der Waals surface area contributed by atoms with Crippen LogP contribution in [0.15, 0.2) is 18.2 Å². The second-order valence-corrected chi connectivity index (χ2v) is 8.34. The molecule has 5 nitrogen and oxygen atoms in total. The van der Waals surface area contributed by atoms with Crippen LogP contribution in [-0.4, -0.2) is 49.4 Å². The van der Waals surface area contributed by atoms with Crippen molar-refractivity contribution in [1.82, 2.24) is 10.3 Å². The normalized spacial score (nSPS) is 22.7. The van der Waals surface area contributed by atoms with E-state index in [0.717, 1.165) is 17.1 Å². The highest BCUT2D eigenvalue weighted by Gasteiger charge is 2.36. The number of fused-ring (bicyclic) bond motifs is 1. The SMILES string of the molecule is Cc1cccc2sc(N3CCC(F)(CNC(=O)C4CCOC4)CC3)nc12. The number of thiazole rings is 1. The van der Waals surface area contributed by atoms with Crippen LogP contribution < -0.4 is 10.2 Å². The van der Waals surface area contributed by atoms with E-state index in [2.05, 4.69) is 29.3 Å². The number of carbonyl (C=O) groups is 1. The second-order valence-electron chi connectivity index (χ2n) is 7.33. The van der Waals surface area contributed by atoms with Gasteiger partial charge < -0.3 is 15.0 Å². The van der Waals surface area contributed by atoms with E-state index in [1.165, 1.54) is 10.3 Å². The number of benzene rings is 1. The predicted octanol–water partition coefficient (Wildman–Crippen LogP) is 3.07. The Labute approximate surface area is 156 Å². The van der Waals surface area contributed by atoms with Crippen molar-refractivity contribution in [3.63, 3.8) is 0 Å². The molecule has 0 spiro atoms. The number of carbonyl (C=O) groups excluding carboxylic acids is 1. The smallest absolute Gasteiger partial charge is 0.225 e. The van der Waals surface area contributed by atoms with Crippen LogP contribution in [0.2, 0.25) is 0 Å². The van der Waals surface area contributed by atoms with E-state index in [4.69, 9.17) is 9.72 Å². The Hall–Kier alpha value is -1.73. The molecule has 3 heterocycles.